The molecule has 2 unspecified atom stereocenters. The van der Waals surface area contributed by atoms with Crippen LogP contribution in [-0.4, -0.2) is 74.2 Å². The first-order valence-electron chi connectivity index (χ1n) is 12.6. The van der Waals surface area contributed by atoms with Crippen LogP contribution in [0.1, 0.15) is 71.1 Å². The van der Waals surface area contributed by atoms with Gasteiger partial charge in [0.2, 0.25) is 0 Å². The largest absolute Gasteiger partial charge is 0.378 e. The number of hydrogen-bond donors (Lipinski definition) is 1. The number of fused-ring (bicyclic) bond motifs is 6. The van der Waals surface area contributed by atoms with E-state index in [1.807, 2.05) is 0 Å². The van der Waals surface area contributed by atoms with Crippen LogP contribution < -0.4 is 5.32 Å². The molecule has 2 saturated carbocycles. The minimum atomic E-state index is 0.0707. The van der Waals surface area contributed by atoms with Crippen LogP contribution in [0.3, 0.4) is 0 Å². The fourth-order valence-corrected chi connectivity index (χ4v) is 7.32. The maximum absolute atomic E-state index is 6.63. The second kappa shape index (κ2) is 9.12. The summed E-state index contributed by atoms with van der Waals surface area (Å²) < 4.78 is 19.2. The molecule has 2 bridgehead atoms. The van der Waals surface area contributed by atoms with E-state index >= 15 is 0 Å². The zero-order valence-electron chi connectivity index (χ0n) is 18.4. The number of ether oxygens (including phenoxy) is 3. The van der Waals surface area contributed by atoms with Crippen LogP contribution in [0.15, 0.2) is 0 Å². The van der Waals surface area contributed by atoms with Gasteiger partial charge in [0.05, 0.1) is 43.6 Å². The first-order chi connectivity index (χ1) is 14.3. The van der Waals surface area contributed by atoms with Gasteiger partial charge in [0, 0.05) is 25.7 Å². The summed E-state index contributed by atoms with van der Waals surface area (Å²) in [6.07, 6.45) is 13.9. The average Bonchev–Trinajstić information content (AvgIpc) is 3.00. The van der Waals surface area contributed by atoms with Gasteiger partial charge in [0.15, 0.2) is 0 Å². The number of nitrogens with one attached hydrogen (secondary N) is 1. The lowest BCUT2D eigenvalue weighted by atomic mass is 9.71. The van der Waals surface area contributed by atoms with Gasteiger partial charge in [-0.1, -0.05) is 12.8 Å². The van der Waals surface area contributed by atoms with Gasteiger partial charge in [-0.25, -0.2) is 0 Å². The second-order valence-corrected chi connectivity index (χ2v) is 10.5. The predicted molar refractivity (Wildman–Crippen MR) is 114 cm³/mol. The van der Waals surface area contributed by atoms with Gasteiger partial charge in [-0.15, -0.1) is 0 Å². The fourth-order valence-electron chi connectivity index (χ4n) is 7.32. The molecule has 1 N–H and O–H groups in total. The molecule has 4 heterocycles. The van der Waals surface area contributed by atoms with Crippen molar-refractivity contribution in [1.29, 1.82) is 0 Å². The third-order valence-electron chi connectivity index (χ3n) is 8.81. The maximum Gasteiger partial charge on any atom is 0.0665 e. The molecule has 6 fully saturated rings. The Labute approximate surface area is 177 Å². The van der Waals surface area contributed by atoms with E-state index in [9.17, 15) is 0 Å². The summed E-state index contributed by atoms with van der Waals surface area (Å²) in [7, 11) is 0. The molecule has 0 aromatic rings. The summed E-state index contributed by atoms with van der Waals surface area (Å²) in [6.45, 7) is 7.91. The van der Waals surface area contributed by atoms with Gasteiger partial charge in [-0.3, -0.25) is 4.90 Å². The monoisotopic (exact) mass is 406 g/mol. The van der Waals surface area contributed by atoms with Crippen LogP contribution in [-0.2, 0) is 14.2 Å². The van der Waals surface area contributed by atoms with Crippen molar-refractivity contribution in [2.75, 3.05) is 39.5 Å². The zero-order chi connectivity index (χ0) is 19.7. The Balaban J connectivity index is 1.32. The van der Waals surface area contributed by atoms with Crippen LogP contribution >= 0.6 is 0 Å². The van der Waals surface area contributed by atoms with E-state index in [2.05, 4.69) is 17.1 Å². The molecule has 5 nitrogen and oxygen atoms in total. The summed E-state index contributed by atoms with van der Waals surface area (Å²) in [5.41, 5.74) is 0.0707. The van der Waals surface area contributed by atoms with Gasteiger partial charge in [0.25, 0.3) is 0 Å². The molecule has 6 rings (SSSR count). The summed E-state index contributed by atoms with van der Waals surface area (Å²) in [4.78, 5) is 2.71. The van der Waals surface area contributed by atoms with Crippen molar-refractivity contribution < 1.29 is 14.2 Å². The molecule has 6 aliphatic rings. The van der Waals surface area contributed by atoms with Gasteiger partial charge in [-0.05, 0) is 70.1 Å². The van der Waals surface area contributed by atoms with Crippen LogP contribution in [0.4, 0.5) is 0 Å². The highest BCUT2D eigenvalue weighted by molar-refractivity contribution is 5.10. The van der Waals surface area contributed by atoms with E-state index < -0.39 is 0 Å². The first kappa shape index (κ1) is 20.7. The fraction of sp³-hybridized carbons (Fsp3) is 1.00. The zero-order valence-corrected chi connectivity index (χ0v) is 18.4. The van der Waals surface area contributed by atoms with Crippen LogP contribution in [0.5, 0.6) is 0 Å². The van der Waals surface area contributed by atoms with E-state index in [1.165, 1.54) is 57.8 Å². The number of nitrogens with zero attached hydrogens (tertiary/aromatic N) is 1. The van der Waals surface area contributed by atoms with Crippen molar-refractivity contribution in [3.05, 3.63) is 0 Å². The highest BCUT2D eigenvalue weighted by atomic mass is 16.5. The van der Waals surface area contributed by atoms with Gasteiger partial charge >= 0.3 is 0 Å². The van der Waals surface area contributed by atoms with Crippen molar-refractivity contribution in [1.82, 2.24) is 10.2 Å². The van der Waals surface area contributed by atoms with E-state index in [0.717, 1.165) is 57.8 Å². The van der Waals surface area contributed by atoms with Crippen LogP contribution in [0.25, 0.3) is 0 Å². The molecule has 0 aromatic heterocycles. The Kier molecular flexibility index (Phi) is 6.50. The minimum Gasteiger partial charge on any atom is -0.378 e. The van der Waals surface area contributed by atoms with Gasteiger partial charge in [0.1, 0.15) is 0 Å². The Morgan fingerprint density at radius 1 is 0.931 bits per heavy atom. The Bertz CT molecular complexity index is 530. The summed E-state index contributed by atoms with van der Waals surface area (Å²) in [5.74, 6) is 1.67. The second-order valence-electron chi connectivity index (χ2n) is 10.5. The van der Waals surface area contributed by atoms with E-state index in [-0.39, 0.29) is 5.54 Å². The molecule has 5 atom stereocenters. The molecule has 4 saturated heterocycles. The lowest BCUT2D eigenvalue weighted by Crippen LogP contribution is -2.62. The topological polar surface area (TPSA) is 43.0 Å². The quantitative estimate of drug-likeness (QED) is 0.668. The molecule has 1 spiro atoms. The first-order valence-corrected chi connectivity index (χ1v) is 12.6. The molecular formula is C24H42N2O3. The molecule has 0 aromatic carbocycles. The van der Waals surface area contributed by atoms with E-state index in [0.29, 0.717) is 24.3 Å². The molecule has 2 aliphatic carbocycles. The molecule has 0 amide bonds. The smallest absolute Gasteiger partial charge is 0.0665 e. The van der Waals surface area contributed by atoms with Crippen molar-refractivity contribution in [2.24, 2.45) is 11.8 Å². The van der Waals surface area contributed by atoms with Gasteiger partial charge < -0.3 is 19.5 Å². The van der Waals surface area contributed by atoms with E-state index in [4.69, 9.17) is 14.2 Å². The highest BCUT2D eigenvalue weighted by Gasteiger charge is 2.51. The Morgan fingerprint density at radius 2 is 1.79 bits per heavy atom. The molecule has 5 heteroatoms. The maximum atomic E-state index is 6.63. The normalized spacial score (nSPS) is 47.5. The lowest BCUT2D eigenvalue weighted by molar-refractivity contribution is -0.0761. The van der Waals surface area contributed by atoms with Crippen LogP contribution in [0, 0.1) is 11.8 Å². The molecule has 166 valence electrons. The molecule has 29 heavy (non-hydrogen) atoms. The third-order valence-corrected chi connectivity index (χ3v) is 8.81. The molecular weight excluding hydrogens is 364 g/mol. The average molecular weight is 407 g/mol. The Morgan fingerprint density at radius 3 is 2.62 bits per heavy atom. The minimum absolute atomic E-state index is 0.0707. The predicted octanol–water partition coefficient (Wildman–Crippen LogP) is 3.36. The third kappa shape index (κ3) is 4.27. The van der Waals surface area contributed by atoms with E-state index in [1.54, 1.807) is 0 Å². The number of morpholine rings is 1. The molecule has 4 aliphatic heterocycles. The standard InChI is InChI=1S/C24H42N2O3/c1-18-15-24(17-27-14-11-25-24)23-16-29-20-9-7-19(8-10-20)21-5-2-3-6-22(21)28-13-4-12-26(18)23/h18-23,25H,2-17H2,1H3/t18-,19?,20?,21?,22?,23-,24+/m1/s1. The Hall–Kier alpha value is -0.200. The van der Waals surface area contributed by atoms with Crippen molar-refractivity contribution in [3.8, 4) is 0 Å². The van der Waals surface area contributed by atoms with Gasteiger partial charge in [-0.2, -0.15) is 0 Å². The summed E-state index contributed by atoms with van der Waals surface area (Å²) in [6, 6.07) is 0.991. The number of rotatable bonds is 0. The lowest BCUT2D eigenvalue weighted by Gasteiger charge is -2.44. The molecule has 0 radical (unpaired) electrons. The summed E-state index contributed by atoms with van der Waals surface area (Å²) >= 11 is 0. The van der Waals surface area contributed by atoms with Crippen molar-refractivity contribution in [3.63, 3.8) is 0 Å². The SMILES string of the molecule is C[C@@H]1C[C@]2(COCCN2)[C@H]2COC3CCC(CC3)C3CCCCC3OCCCN12. The van der Waals surface area contributed by atoms with Crippen molar-refractivity contribution in [2.45, 2.75) is 101 Å². The highest BCUT2D eigenvalue weighted by Crippen LogP contribution is 2.41. The van der Waals surface area contributed by atoms with Crippen LogP contribution in [0.2, 0.25) is 0 Å². The summed E-state index contributed by atoms with van der Waals surface area (Å²) in [5, 5.41) is 3.86. The van der Waals surface area contributed by atoms with Crippen molar-refractivity contribution >= 4 is 0 Å². The number of hydrogen-bond acceptors (Lipinski definition) is 5.